The standard InChI is InChI=1S/C28H37FN8O4/c1-40-25-9-7-21(18-23(25)29)24(19-26(38)31-11-16-41-17-12-33-35-30)37-15-14-36(28(37)39)13-3-5-22-8-6-20-4-2-10-32-27(20)34-22/h6-9,18,24H,2-5,10-17,19H2,1H3,(H,31,38)(H,32,34)/t24-/m0/s1. The number of urea groups is 1. The Hall–Kier alpha value is -4.09. The summed E-state index contributed by atoms with van der Waals surface area (Å²) in [4.78, 5) is 37.1. The van der Waals surface area contributed by atoms with Crippen LogP contribution in [0.3, 0.4) is 0 Å². The molecule has 0 bridgehead atoms. The number of benzene rings is 1. The zero-order valence-corrected chi connectivity index (χ0v) is 23.4. The second kappa shape index (κ2) is 15.1. The van der Waals surface area contributed by atoms with Gasteiger partial charge in [0.25, 0.3) is 0 Å². The maximum Gasteiger partial charge on any atom is 0.320 e. The Kier molecular flexibility index (Phi) is 11.0. The summed E-state index contributed by atoms with van der Waals surface area (Å²) in [7, 11) is 1.38. The molecule has 1 saturated heterocycles. The van der Waals surface area contributed by atoms with Gasteiger partial charge in [-0.15, -0.1) is 0 Å². The molecule has 0 unspecified atom stereocenters. The first kappa shape index (κ1) is 29.9. The molecular weight excluding hydrogens is 531 g/mol. The number of nitrogens with zero attached hydrogens (tertiary/aromatic N) is 6. The number of rotatable bonds is 15. The van der Waals surface area contributed by atoms with Crippen molar-refractivity contribution in [3.63, 3.8) is 0 Å². The van der Waals surface area contributed by atoms with Crippen LogP contribution in [-0.2, 0) is 22.4 Å². The number of aryl methyl sites for hydroxylation is 2. The van der Waals surface area contributed by atoms with Gasteiger partial charge in [-0.25, -0.2) is 14.2 Å². The summed E-state index contributed by atoms with van der Waals surface area (Å²) < 4.78 is 25.0. The minimum Gasteiger partial charge on any atom is -0.494 e. The van der Waals surface area contributed by atoms with Crippen molar-refractivity contribution in [1.29, 1.82) is 0 Å². The van der Waals surface area contributed by atoms with Gasteiger partial charge in [0.15, 0.2) is 11.6 Å². The van der Waals surface area contributed by atoms with E-state index in [1.807, 2.05) is 0 Å². The molecule has 220 valence electrons. The Morgan fingerprint density at radius 1 is 1.29 bits per heavy atom. The SMILES string of the molecule is COc1ccc([C@H](CC(=O)NCCOCCN=[N+]=[N-])N2CCN(CCCc3ccc4c(n3)NCCC4)C2=O)cc1F. The lowest BCUT2D eigenvalue weighted by atomic mass is 10.0. The number of nitrogens with one attached hydrogen (secondary N) is 2. The van der Waals surface area contributed by atoms with Gasteiger partial charge in [0, 0.05) is 49.9 Å². The lowest BCUT2D eigenvalue weighted by molar-refractivity contribution is -0.122. The number of aromatic nitrogens is 1. The summed E-state index contributed by atoms with van der Waals surface area (Å²) in [5, 5.41) is 9.53. The number of fused-ring (bicyclic) bond motifs is 1. The fourth-order valence-corrected chi connectivity index (χ4v) is 5.12. The van der Waals surface area contributed by atoms with Crippen molar-refractivity contribution >= 4 is 17.8 Å². The molecule has 1 fully saturated rings. The molecule has 1 aromatic heterocycles. The molecule has 3 amide bonds. The third-order valence-corrected chi connectivity index (χ3v) is 7.22. The summed E-state index contributed by atoms with van der Waals surface area (Å²) in [6.45, 7) is 3.42. The molecule has 0 aliphatic carbocycles. The fourth-order valence-electron chi connectivity index (χ4n) is 5.12. The quantitative estimate of drug-likeness (QED) is 0.145. The second-order valence-corrected chi connectivity index (χ2v) is 9.94. The molecule has 1 aromatic carbocycles. The monoisotopic (exact) mass is 568 g/mol. The zero-order chi connectivity index (χ0) is 29.0. The highest BCUT2D eigenvalue weighted by molar-refractivity contribution is 5.80. The van der Waals surface area contributed by atoms with Crippen molar-refractivity contribution in [3.8, 4) is 5.75 Å². The summed E-state index contributed by atoms with van der Waals surface area (Å²) in [6, 6.07) is 7.87. The van der Waals surface area contributed by atoms with E-state index in [-0.39, 0.29) is 50.4 Å². The molecule has 0 spiro atoms. The molecule has 3 heterocycles. The number of anilines is 1. The predicted molar refractivity (Wildman–Crippen MR) is 151 cm³/mol. The number of amides is 3. The Labute approximate surface area is 238 Å². The third kappa shape index (κ3) is 8.21. The number of hydrogen-bond donors (Lipinski definition) is 2. The van der Waals surface area contributed by atoms with Crippen LogP contribution in [0.25, 0.3) is 10.4 Å². The van der Waals surface area contributed by atoms with E-state index in [4.69, 9.17) is 20.0 Å². The van der Waals surface area contributed by atoms with Crippen LogP contribution in [-0.4, -0.2) is 86.3 Å². The van der Waals surface area contributed by atoms with Gasteiger partial charge in [-0.1, -0.05) is 17.2 Å². The minimum absolute atomic E-state index is 0.0316. The van der Waals surface area contributed by atoms with E-state index in [0.717, 1.165) is 43.7 Å². The minimum atomic E-state index is -0.646. The molecule has 2 aliphatic rings. The summed E-state index contributed by atoms with van der Waals surface area (Å²) in [5.41, 5.74) is 11.1. The van der Waals surface area contributed by atoms with Crippen LogP contribution in [0.5, 0.6) is 5.75 Å². The van der Waals surface area contributed by atoms with E-state index in [1.165, 1.54) is 24.8 Å². The lowest BCUT2D eigenvalue weighted by Crippen LogP contribution is -2.38. The van der Waals surface area contributed by atoms with Crippen molar-refractivity contribution in [1.82, 2.24) is 20.1 Å². The molecular formula is C28H37FN8O4. The highest BCUT2D eigenvalue weighted by atomic mass is 19.1. The van der Waals surface area contributed by atoms with Crippen LogP contribution in [0.2, 0.25) is 0 Å². The van der Waals surface area contributed by atoms with Crippen LogP contribution >= 0.6 is 0 Å². The third-order valence-electron chi connectivity index (χ3n) is 7.22. The molecule has 2 aromatic rings. The molecule has 0 saturated carbocycles. The summed E-state index contributed by atoms with van der Waals surface area (Å²) in [6.07, 6.45) is 3.63. The number of azide groups is 1. The first-order chi connectivity index (χ1) is 20.0. The van der Waals surface area contributed by atoms with Crippen molar-refractivity contribution in [2.45, 2.75) is 38.1 Å². The Morgan fingerprint density at radius 3 is 2.98 bits per heavy atom. The van der Waals surface area contributed by atoms with E-state index in [1.54, 1.807) is 15.9 Å². The predicted octanol–water partition coefficient (Wildman–Crippen LogP) is 3.83. The van der Waals surface area contributed by atoms with Crippen molar-refractivity contribution in [2.75, 3.05) is 64.9 Å². The Bertz CT molecular complexity index is 1260. The molecule has 0 radical (unpaired) electrons. The van der Waals surface area contributed by atoms with Crippen LogP contribution in [0, 0.1) is 5.82 Å². The number of methoxy groups -OCH3 is 1. The average molecular weight is 569 g/mol. The topological polar surface area (TPSA) is 145 Å². The fraction of sp³-hybridized carbons (Fsp3) is 0.536. The van der Waals surface area contributed by atoms with Gasteiger partial charge >= 0.3 is 6.03 Å². The molecule has 13 heteroatoms. The molecule has 41 heavy (non-hydrogen) atoms. The maximum atomic E-state index is 14.6. The summed E-state index contributed by atoms with van der Waals surface area (Å²) >= 11 is 0. The van der Waals surface area contributed by atoms with Crippen molar-refractivity contribution < 1.29 is 23.5 Å². The van der Waals surface area contributed by atoms with Gasteiger partial charge in [0.2, 0.25) is 5.91 Å². The van der Waals surface area contributed by atoms with E-state index < -0.39 is 11.9 Å². The van der Waals surface area contributed by atoms with E-state index in [2.05, 4.69) is 32.8 Å². The first-order valence-corrected chi connectivity index (χ1v) is 14.0. The maximum absolute atomic E-state index is 14.6. The molecule has 2 N–H and O–H groups in total. The van der Waals surface area contributed by atoms with Gasteiger partial charge in [-0.2, -0.15) is 0 Å². The summed E-state index contributed by atoms with van der Waals surface area (Å²) in [5.74, 6) is 0.211. The van der Waals surface area contributed by atoms with Crippen LogP contribution in [0.1, 0.15) is 42.1 Å². The first-order valence-electron chi connectivity index (χ1n) is 14.0. The van der Waals surface area contributed by atoms with Gasteiger partial charge in [0.1, 0.15) is 5.82 Å². The second-order valence-electron chi connectivity index (χ2n) is 9.94. The number of pyridine rings is 1. The van der Waals surface area contributed by atoms with E-state index in [9.17, 15) is 14.0 Å². The normalized spacial score (nSPS) is 15.1. The number of carbonyl (C=O) groups is 2. The highest BCUT2D eigenvalue weighted by Crippen LogP contribution is 2.31. The van der Waals surface area contributed by atoms with E-state index >= 15 is 0 Å². The lowest BCUT2D eigenvalue weighted by Gasteiger charge is -2.28. The molecule has 1 atom stereocenters. The van der Waals surface area contributed by atoms with Gasteiger partial charge in [-0.3, -0.25) is 4.79 Å². The van der Waals surface area contributed by atoms with Crippen LogP contribution in [0.15, 0.2) is 35.4 Å². The molecule has 12 nitrogen and oxygen atoms in total. The van der Waals surface area contributed by atoms with E-state index in [0.29, 0.717) is 25.2 Å². The van der Waals surface area contributed by atoms with Crippen molar-refractivity contribution in [3.05, 3.63) is 63.4 Å². The average Bonchev–Trinajstić information content (AvgIpc) is 3.34. The van der Waals surface area contributed by atoms with Crippen LogP contribution in [0.4, 0.5) is 15.0 Å². The molecule has 4 rings (SSSR count). The number of halogens is 1. The number of carbonyl (C=O) groups excluding carboxylic acids is 2. The smallest absolute Gasteiger partial charge is 0.320 e. The zero-order valence-electron chi connectivity index (χ0n) is 23.4. The molecule has 2 aliphatic heterocycles. The highest BCUT2D eigenvalue weighted by Gasteiger charge is 2.35. The number of hydrogen-bond acceptors (Lipinski definition) is 7. The van der Waals surface area contributed by atoms with Crippen LogP contribution < -0.4 is 15.4 Å². The largest absolute Gasteiger partial charge is 0.494 e. The Balaban J connectivity index is 1.35. The van der Waals surface area contributed by atoms with Gasteiger partial charge in [0.05, 0.1) is 32.8 Å². The Morgan fingerprint density at radius 2 is 2.17 bits per heavy atom. The van der Waals surface area contributed by atoms with Gasteiger partial charge in [-0.05, 0) is 60.5 Å². The van der Waals surface area contributed by atoms with Gasteiger partial charge < -0.3 is 29.9 Å². The van der Waals surface area contributed by atoms with Crippen molar-refractivity contribution in [2.24, 2.45) is 5.11 Å². The number of ether oxygens (including phenoxy) is 2.